The molecule has 0 atom stereocenters. The van der Waals surface area contributed by atoms with Crippen LogP contribution in [0, 0.1) is 0 Å². The third kappa shape index (κ3) is 1.80. The quantitative estimate of drug-likeness (QED) is 0.834. The van der Waals surface area contributed by atoms with E-state index >= 15 is 0 Å². The Morgan fingerprint density at radius 1 is 1.50 bits per heavy atom. The van der Waals surface area contributed by atoms with Gasteiger partial charge in [-0.1, -0.05) is 6.07 Å². The van der Waals surface area contributed by atoms with Crippen molar-refractivity contribution < 1.29 is 0 Å². The molecule has 3 nitrogen and oxygen atoms in total. The topological polar surface area (TPSA) is 43.8 Å². The third-order valence-electron chi connectivity index (χ3n) is 2.33. The van der Waals surface area contributed by atoms with Gasteiger partial charge in [0.15, 0.2) is 5.95 Å². The smallest absolute Gasteiger partial charge is 0.200 e. The molecule has 4 heteroatoms. The van der Waals surface area contributed by atoms with Gasteiger partial charge >= 0.3 is 0 Å². The molecule has 14 heavy (non-hydrogen) atoms. The number of rotatable bonds is 3. The highest BCUT2D eigenvalue weighted by Gasteiger charge is 2.03. The lowest BCUT2D eigenvalue weighted by Crippen LogP contribution is -2.02. The average molecular weight is 207 g/mol. The zero-order chi connectivity index (χ0) is 9.97. The summed E-state index contributed by atoms with van der Waals surface area (Å²) in [7, 11) is 1.95. The number of aryl methyl sites for hydroxylation is 2. The van der Waals surface area contributed by atoms with Crippen molar-refractivity contribution in [3.8, 4) is 0 Å². The number of nitrogens with two attached hydrogens (primary N) is 1. The lowest BCUT2D eigenvalue weighted by Gasteiger charge is -2.01. The first-order valence-corrected chi connectivity index (χ1v) is 5.44. The molecule has 0 fully saturated rings. The molecule has 0 saturated heterocycles. The first-order valence-electron chi connectivity index (χ1n) is 4.56. The average Bonchev–Trinajstić information content (AvgIpc) is 2.77. The van der Waals surface area contributed by atoms with E-state index in [0.29, 0.717) is 5.95 Å². The molecule has 2 aromatic heterocycles. The van der Waals surface area contributed by atoms with Gasteiger partial charge in [-0.05, 0) is 24.3 Å². The van der Waals surface area contributed by atoms with Crippen molar-refractivity contribution in [2.45, 2.75) is 12.8 Å². The molecule has 0 spiro atoms. The number of imidazole rings is 1. The predicted octanol–water partition coefficient (Wildman–Crippen LogP) is 1.85. The van der Waals surface area contributed by atoms with Gasteiger partial charge < -0.3 is 10.3 Å². The molecule has 0 saturated carbocycles. The van der Waals surface area contributed by atoms with Crippen LogP contribution in [0.1, 0.15) is 10.6 Å². The zero-order valence-electron chi connectivity index (χ0n) is 8.10. The molecule has 0 unspecified atom stereocenters. The number of nitrogen functional groups attached to an aromatic ring is 1. The Bertz CT molecular complexity index is 403. The molecule has 2 aromatic rings. The van der Waals surface area contributed by atoms with E-state index in [1.165, 1.54) is 10.6 Å². The van der Waals surface area contributed by atoms with Crippen LogP contribution in [-0.4, -0.2) is 9.55 Å². The van der Waals surface area contributed by atoms with E-state index in [4.69, 9.17) is 5.73 Å². The minimum absolute atomic E-state index is 0.589. The maximum absolute atomic E-state index is 5.64. The number of thiophene rings is 1. The van der Waals surface area contributed by atoms with Gasteiger partial charge in [0.1, 0.15) is 0 Å². The highest BCUT2D eigenvalue weighted by atomic mass is 32.1. The molecule has 0 bridgehead atoms. The summed E-state index contributed by atoms with van der Waals surface area (Å²) in [5.74, 6) is 0.589. The molecule has 0 aliphatic heterocycles. The van der Waals surface area contributed by atoms with Crippen LogP contribution >= 0.6 is 11.3 Å². The van der Waals surface area contributed by atoms with Gasteiger partial charge in [0, 0.05) is 17.6 Å². The second kappa shape index (κ2) is 3.84. The van der Waals surface area contributed by atoms with Crippen LogP contribution in [0.25, 0.3) is 0 Å². The summed E-state index contributed by atoms with van der Waals surface area (Å²) in [5, 5.41) is 2.10. The van der Waals surface area contributed by atoms with Gasteiger partial charge in [-0.25, -0.2) is 4.98 Å². The molecular weight excluding hydrogens is 194 g/mol. The van der Waals surface area contributed by atoms with Crippen molar-refractivity contribution in [1.29, 1.82) is 0 Å². The number of aromatic nitrogens is 2. The molecule has 0 aromatic carbocycles. The van der Waals surface area contributed by atoms with E-state index in [1.54, 1.807) is 11.3 Å². The maximum atomic E-state index is 5.64. The van der Waals surface area contributed by atoms with E-state index in [2.05, 4.69) is 22.5 Å². The first-order chi connectivity index (χ1) is 6.77. The van der Waals surface area contributed by atoms with Gasteiger partial charge in [-0.2, -0.15) is 0 Å². The molecule has 2 N–H and O–H groups in total. The van der Waals surface area contributed by atoms with Crippen molar-refractivity contribution in [3.63, 3.8) is 0 Å². The molecule has 2 heterocycles. The van der Waals surface area contributed by atoms with Gasteiger partial charge in [-0.15, -0.1) is 11.3 Å². The molecule has 0 aliphatic rings. The minimum atomic E-state index is 0.589. The van der Waals surface area contributed by atoms with Gasteiger partial charge in [-0.3, -0.25) is 0 Å². The lowest BCUT2D eigenvalue weighted by molar-refractivity contribution is 0.812. The van der Waals surface area contributed by atoms with Crippen LogP contribution in [0.15, 0.2) is 23.7 Å². The highest BCUT2D eigenvalue weighted by Crippen LogP contribution is 2.13. The Hall–Kier alpha value is -1.29. The Labute approximate surface area is 87.2 Å². The normalized spacial score (nSPS) is 10.6. The molecule has 74 valence electrons. The number of nitrogens with zero attached hydrogens (tertiary/aromatic N) is 2. The summed E-state index contributed by atoms with van der Waals surface area (Å²) >= 11 is 1.79. The molecule has 0 amide bonds. The summed E-state index contributed by atoms with van der Waals surface area (Å²) in [6.07, 6.45) is 3.92. The lowest BCUT2D eigenvalue weighted by atomic mass is 10.2. The van der Waals surface area contributed by atoms with Crippen molar-refractivity contribution in [2.75, 3.05) is 5.73 Å². The van der Waals surface area contributed by atoms with Crippen LogP contribution in [0.3, 0.4) is 0 Å². The minimum Gasteiger partial charge on any atom is -0.369 e. The van der Waals surface area contributed by atoms with Gasteiger partial charge in [0.25, 0.3) is 0 Å². The fraction of sp³-hybridized carbons (Fsp3) is 0.300. The van der Waals surface area contributed by atoms with Crippen molar-refractivity contribution in [3.05, 3.63) is 34.3 Å². The standard InChI is InChI=1S/C10H13N3S/c1-13-8(7-12-10(13)11)4-5-9-3-2-6-14-9/h2-3,6-7H,4-5H2,1H3,(H2,11,12). The van der Waals surface area contributed by atoms with Crippen molar-refractivity contribution in [1.82, 2.24) is 9.55 Å². The second-order valence-corrected chi connectivity index (χ2v) is 4.28. The monoisotopic (exact) mass is 207 g/mol. The summed E-state index contributed by atoms with van der Waals surface area (Å²) in [5.41, 5.74) is 6.83. The Morgan fingerprint density at radius 3 is 2.93 bits per heavy atom. The molecule has 0 aliphatic carbocycles. The predicted molar refractivity (Wildman–Crippen MR) is 59.3 cm³/mol. The van der Waals surface area contributed by atoms with Crippen molar-refractivity contribution in [2.24, 2.45) is 7.05 Å². The van der Waals surface area contributed by atoms with E-state index in [0.717, 1.165) is 12.8 Å². The van der Waals surface area contributed by atoms with Crippen molar-refractivity contribution >= 4 is 17.3 Å². The van der Waals surface area contributed by atoms with Crippen LogP contribution in [0.2, 0.25) is 0 Å². The summed E-state index contributed by atoms with van der Waals surface area (Å²) in [6.45, 7) is 0. The second-order valence-electron chi connectivity index (χ2n) is 3.25. The number of anilines is 1. The summed E-state index contributed by atoms with van der Waals surface area (Å²) < 4.78 is 1.94. The Kier molecular flexibility index (Phi) is 2.54. The molecule has 0 radical (unpaired) electrons. The molecule has 2 rings (SSSR count). The molecular formula is C10H13N3S. The van der Waals surface area contributed by atoms with Crippen LogP contribution in [0.4, 0.5) is 5.95 Å². The Balaban J connectivity index is 2.02. The summed E-state index contributed by atoms with van der Waals surface area (Å²) in [6, 6.07) is 4.24. The summed E-state index contributed by atoms with van der Waals surface area (Å²) in [4.78, 5) is 5.47. The fourth-order valence-electron chi connectivity index (χ4n) is 1.40. The van der Waals surface area contributed by atoms with E-state index in [9.17, 15) is 0 Å². The fourth-order valence-corrected chi connectivity index (χ4v) is 2.11. The number of hydrogen-bond donors (Lipinski definition) is 1. The van der Waals surface area contributed by atoms with Gasteiger partial charge in [0.05, 0.1) is 6.20 Å². The Morgan fingerprint density at radius 2 is 2.36 bits per heavy atom. The van der Waals surface area contributed by atoms with E-state index < -0.39 is 0 Å². The first kappa shape index (κ1) is 9.27. The highest BCUT2D eigenvalue weighted by molar-refractivity contribution is 7.09. The third-order valence-corrected chi connectivity index (χ3v) is 3.26. The maximum Gasteiger partial charge on any atom is 0.200 e. The van der Waals surface area contributed by atoms with Crippen LogP contribution in [-0.2, 0) is 19.9 Å². The van der Waals surface area contributed by atoms with E-state index in [-0.39, 0.29) is 0 Å². The SMILES string of the molecule is Cn1c(CCc2cccs2)cnc1N. The van der Waals surface area contributed by atoms with Crippen LogP contribution in [0.5, 0.6) is 0 Å². The largest absolute Gasteiger partial charge is 0.369 e. The number of hydrogen-bond acceptors (Lipinski definition) is 3. The van der Waals surface area contributed by atoms with E-state index in [1.807, 2.05) is 17.8 Å². The zero-order valence-corrected chi connectivity index (χ0v) is 8.92. The van der Waals surface area contributed by atoms with Crippen LogP contribution < -0.4 is 5.73 Å². The van der Waals surface area contributed by atoms with Gasteiger partial charge in [0.2, 0.25) is 0 Å².